The van der Waals surface area contributed by atoms with Crippen molar-refractivity contribution in [2.45, 2.75) is 26.3 Å². The number of nitrogens with zero attached hydrogens (tertiary/aromatic N) is 6. The van der Waals surface area contributed by atoms with Crippen molar-refractivity contribution in [2.24, 2.45) is 0 Å². The average molecular weight is 414 g/mol. The van der Waals surface area contributed by atoms with Crippen molar-refractivity contribution in [2.75, 3.05) is 13.1 Å². The summed E-state index contributed by atoms with van der Waals surface area (Å²) in [5, 5.41) is 12.5. The van der Waals surface area contributed by atoms with Gasteiger partial charge >= 0.3 is 0 Å². The molecular weight excluding hydrogens is 392 g/mol. The van der Waals surface area contributed by atoms with Gasteiger partial charge in [-0.1, -0.05) is 46.8 Å². The van der Waals surface area contributed by atoms with Gasteiger partial charge in [0.2, 0.25) is 5.82 Å². The Morgan fingerprint density at radius 1 is 1.10 bits per heavy atom. The second-order valence-corrected chi connectivity index (χ2v) is 7.87. The van der Waals surface area contributed by atoms with Crippen molar-refractivity contribution in [1.29, 1.82) is 0 Å². The minimum atomic E-state index is 0.0512. The van der Waals surface area contributed by atoms with Gasteiger partial charge < -0.3 is 9.42 Å². The molecule has 2 aromatic carbocycles. The molecular formula is C23H22N6O2. The molecule has 31 heavy (non-hydrogen) atoms. The molecule has 0 radical (unpaired) electrons. The van der Waals surface area contributed by atoms with Gasteiger partial charge in [-0.2, -0.15) is 4.98 Å². The maximum atomic E-state index is 12.9. The highest BCUT2D eigenvalue weighted by molar-refractivity contribution is 5.94. The lowest BCUT2D eigenvalue weighted by atomic mass is 10.1. The van der Waals surface area contributed by atoms with E-state index in [-0.39, 0.29) is 11.9 Å². The highest BCUT2D eigenvalue weighted by Gasteiger charge is 2.29. The van der Waals surface area contributed by atoms with Crippen LogP contribution in [0.25, 0.3) is 23.0 Å². The smallest absolute Gasteiger partial charge is 0.280 e. The van der Waals surface area contributed by atoms with Gasteiger partial charge in [0.1, 0.15) is 0 Å². The second kappa shape index (κ2) is 7.79. The third kappa shape index (κ3) is 3.72. The Morgan fingerprint density at radius 3 is 2.74 bits per heavy atom. The van der Waals surface area contributed by atoms with Crippen LogP contribution in [-0.2, 0) is 0 Å². The van der Waals surface area contributed by atoms with E-state index in [4.69, 9.17) is 4.52 Å². The number of rotatable bonds is 4. The average Bonchev–Trinajstić information content (AvgIpc) is 3.55. The molecule has 156 valence electrons. The van der Waals surface area contributed by atoms with Gasteiger partial charge in [0.05, 0.1) is 12.2 Å². The first-order valence-electron chi connectivity index (χ1n) is 10.3. The first kappa shape index (κ1) is 19.2. The third-order valence-corrected chi connectivity index (χ3v) is 5.77. The van der Waals surface area contributed by atoms with Crippen LogP contribution in [0.4, 0.5) is 0 Å². The summed E-state index contributed by atoms with van der Waals surface area (Å²) in [5.41, 5.74) is 4.43. The molecule has 8 nitrogen and oxygen atoms in total. The Labute approximate surface area is 179 Å². The Hall–Kier alpha value is -3.81. The van der Waals surface area contributed by atoms with Gasteiger partial charge in [-0.3, -0.25) is 4.79 Å². The lowest BCUT2D eigenvalue weighted by Crippen LogP contribution is -2.29. The molecule has 1 amide bonds. The van der Waals surface area contributed by atoms with Crippen molar-refractivity contribution in [3.8, 4) is 23.0 Å². The molecule has 1 aliphatic heterocycles. The number of likely N-dealkylation sites (tertiary alicyclic amines) is 1. The zero-order chi connectivity index (χ0) is 21.4. The van der Waals surface area contributed by atoms with Crippen LogP contribution in [0.3, 0.4) is 0 Å². The highest BCUT2D eigenvalue weighted by Crippen LogP contribution is 2.26. The van der Waals surface area contributed by atoms with Gasteiger partial charge in [0.15, 0.2) is 5.69 Å². The van der Waals surface area contributed by atoms with E-state index in [1.807, 2.05) is 67.3 Å². The number of carbonyl (C=O) groups is 1. The molecule has 1 atom stereocenters. The van der Waals surface area contributed by atoms with E-state index in [9.17, 15) is 4.79 Å². The molecule has 0 bridgehead atoms. The zero-order valence-corrected chi connectivity index (χ0v) is 17.4. The lowest BCUT2D eigenvalue weighted by molar-refractivity contribution is 0.0787. The largest absolute Gasteiger partial charge is 0.336 e. The molecule has 3 heterocycles. The number of benzene rings is 2. The summed E-state index contributed by atoms with van der Waals surface area (Å²) in [6.45, 7) is 5.35. The summed E-state index contributed by atoms with van der Waals surface area (Å²) < 4.78 is 7.16. The zero-order valence-electron chi connectivity index (χ0n) is 17.4. The summed E-state index contributed by atoms with van der Waals surface area (Å²) in [6.07, 6.45) is 2.62. The van der Waals surface area contributed by atoms with Crippen molar-refractivity contribution in [3.63, 3.8) is 0 Å². The first-order chi connectivity index (χ1) is 15.1. The molecule has 2 aromatic heterocycles. The normalized spacial score (nSPS) is 16.1. The Bertz CT molecular complexity index is 1230. The molecule has 0 saturated carbocycles. The lowest BCUT2D eigenvalue weighted by Gasteiger charge is -2.17. The molecule has 0 spiro atoms. The van der Waals surface area contributed by atoms with Gasteiger partial charge in [0, 0.05) is 24.2 Å². The van der Waals surface area contributed by atoms with Crippen LogP contribution in [0.1, 0.15) is 33.9 Å². The Balaban J connectivity index is 1.29. The molecule has 1 saturated heterocycles. The summed E-state index contributed by atoms with van der Waals surface area (Å²) >= 11 is 0. The van der Waals surface area contributed by atoms with Crippen LogP contribution in [0.15, 0.2) is 59.3 Å². The van der Waals surface area contributed by atoms with E-state index < -0.39 is 0 Å². The molecule has 5 rings (SSSR count). The van der Waals surface area contributed by atoms with Crippen molar-refractivity contribution >= 4 is 5.91 Å². The number of aryl methyl sites for hydroxylation is 2. The predicted octanol–water partition coefficient (Wildman–Crippen LogP) is 3.70. The fourth-order valence-corrected chi connectivity index (χ4v) is 3.78. The molecule has 0 unspecified atom stereocenters. The summed E-state index contributed by atoms with van der Waals surface area (Å²) in [5.74, 6) is 0.887. The third-order valence-electron chi connectivity index (χ3n) is 5.77. The van der Waals surface area contributed by atoms with Gasteiger partial charge in [-0.15, -0.1) is 5.10 Å². The topological polar surface area (TPSA) is 89.9 Å². The van der Waals surface area contributed by atoms with Crippen molar-refractivity contribution in [1.82, 2.24) is 30.0 Å². The summed E-state index contributed by atoms with van der Waals surface area (Å²) in [4.78, 5) is 19.2. The van der Waals surface area contributed by atoms with Crippen LogP contribution in [0, 0.1) is 13.8 Å². The van der Waals surface area contributed by atoms with Crippen LogP contribution >= 0.6 is 0 Å². The predicted molar refractivity (Wildman–Crippen MR) is 114 cm³/mol. The number of carbonyl (C=O) groups excluding carboxylic acids is 1. The van der Waals surface area contributed by atoms with Crippen LogP contribution in [-0.4, -0.2) is 49.0 Å². The summed E-state index contributed by atoms with van der Waals surface area (Å²) in [7, 11) is 0. The van der Waals surface area contributed by atoms with Gasteiger partial charge in [-0.05, 0) is 43.5 Å². The van der Waals surface area contributed by atoms with Crippen molar-refractivity contribution in [3.05, 3.63) is 71.4 Å². The quantitative estimate of drug-likeness (QED) is 0.506. The fraction of sp³-hybridized carbons (Fsp3) is 0.261. The molecule has 1 fully saturated rings. The molecule has 4 aromatic rings. The second-order valence-electron chi connectivity index (χ2n) is 7.87. The highest BCUT2D eigenvalue weighted by atomic mass is 16.5. The maximum absolute atomic E-state index is 12.9. The number of aromatic nitrogens is 5. The minimum absolute atomic E-state index is 0.0512. The first-order valence-corrected chi connectivity index (χ1v) is 10.3. The van der Waals surface area contributed by atoms with Gasteiger partial charge in [0.25, 0.3) is 11.8 Å². The van der Waals surface area contributed by atoms with Crippen LogP contribution in [0.5, 0.6) is 0 Å². The maximum Gasteiger partial charge on any atom is 0.280 e. The standard InChI is InChI=1S/C23H22N6O2/c1-15-8-9-18(12-16(15)2)23(30)28-11-10-19(13-28)29-14-20(25-27-29)22-24-21(26-31-22)17-6-4-3-5-7-17/h3-9,12,14,19H,10-11,13H2,1-2H3/t19-/m1/s1. The van der Waals surface area contributed by atoms with E-state index in [1.165, 1.54) is 5.56 Å². The van der Waals surface area contributed by atoms with Crippen LogP contribution in [0.2, 0.25) is 0 Å². The number of hydrogen-bond donors (Lipinski definition) is 0. The van der Waals surface area contributed by atoms with Crippen molar-refractivity contribution < 1.29 is 9.32 Å². The molecule has 0 aliphatic carbocycles. The fourth-order valence-electron chi connectivity index (χ4n) is 3.78. The van der Waals surface area contributed by atoms with E-state index in [1.54, 1.807) is 10.9 Å². The van der Waals surface area contributed by atoms with Gasteiger partial charge in [-0.25, -0.2) is 4.68 Å². The Morgan fingerprint density at radius 2 is 1.94 bits per heavy atom. The SMILES string of the molecule is Cc1ccc(C(=O)N2CC[C@@H](n3cc(-c4nc(-c5ccccc5)no4)nn3)C2)cc1C. The molecule has 0 N–H and O–H groups in total. The van der Waals surface area contributed by atoms with E-state index in [2.05, 4.69) is 20.5 Å². The van der Waals surface area contributed by atoms with E-state index in [0.717, 1.165) is 23.1 Å². The summed E-state index contributed by atoms with van der Waals surface area (Å²) in [6, 6.07) is 15.5. The monoisotopic (exact) mass is 414 g/mol. The van der Waals surface area contributed by atoms with Crippen LogP contribution < -0.4 is 0 Å². The number of hydrogen-bond acceptors (Lipinski definition) is 6. The number of amides is 1. The molecule has 8 heteroatoms. The minimum Gasteiger partial charge on any atom is -0.336 e. The van der Waals surface area contributed by atoms with E-state index in [0.29, 0.717) is 30.5 Å². The molecule has 1 aliphatic rings. The Kier molecular flexibility index (Phi) is 4.82. The van der Waals surface area contributed by atoms with E-state index >= 15 is 0 Å².